The molecule has 0 aliphatic rings. The van der Waals surface area contributed by atoms with Gasteiger partial charge in [-0.15, -0.1) is 0 Å². The second-order valence-electron chi connectivity index (χ2n) is 5.59. The van der Waals surface area contributed by atoms with Crippen LogP contribution < -0.4 is 14.8 Å². The molecule has 0 bridgehead atoms. The molecule has 1 N–H and O–H groups in total. The van der Waals surface area contributed by atoms with Crippen molar-refractivity contribution in [2.75, 3.05) is 12.4 Å². The largest absolute Gasteiger partial charge is 0.496 e. The first-order valence-electron chi connectivity index (χ1n) is 7.83. The number of Topliss-reactive ketones (excluding diaryl/α,β-unsaturated/α-hetero) is 1. The third-order valence-corrected chi connectivity index (χ3v) is 3.65. The number of benzene rings is 2. The highest BCUT2D eigenvalue weighted by Crippen LogP contribution is 2.29. The average Bonchev–Trinajstić information content (AvgIpc) is 2.62. The Bertz CT molecular complexity index is 899. The Labute approximate surface area is 154 Å². The van der Waals surface area contributed by atoms with Crippen LogP contribution in [0.1, 0.15) is 24.2 Å². The number of anilines is 1. The smallest absolute Gasteiger partial charge is 0.296 e. The van der Waals surface area contributed by atoms with Gasteiger partial charge in [0.05, 0.1) is 23.7 Å². The van der Waals surface area contributed by atoms with Crippen molar-refractivity contribution >= 4 is 23.1 Å². The minimum Gasteiger partial charge on any atom is -0.496 e. The van der Waals surface area contributed by atoms with Crippen molar-refractivity contribution in [3.63, 3.8) is 0 Å². The van der Waals surface area contributed by atoms with Gasteiger partial charge in [-0.3, -0.25) is 19.7 Å². The zero-order valence-corrected chi connectivity index (χ0v) is 14.8. The average molecular weight is 376 g/mol. The van der Waals surface area contributed by atoms with E-state index in [-0.39, 0.29) is 28.4 Å². The maximum absolute atomic E-state index is 13.3. The first kappa shape index (κ1) is 19.8. The number of hydrogen-bond acceptors (Lipinski definition) is 6. The lowest BCUT2D eigenvalue weighted by Gasteiger charge is -2.16. The van der Waals surface area contributed by atoms with Crippen molar-refractivity contribution in [3.05, 3.63) is 57.9 Å². The fourth-order valence-corrected chi connectivity index (χ4v) is 2.25. The molecule has 1 atom stereocenters. The second kappa shape index (κ2) is 8.26. The quantitative estimate of drug-likeness (QED) is 0.451. The van der Waals surface area contributed by atoms with Crippen LogP contribution in [0, 0.1) is 15.9 Å². The highest BCUT2D eigenvalue weighted by atomic mass is 19.1. The van der Waals surface area contributed by atoms with Gasteiger partial charge in [0.1, 0.15) is 23.0 Å². The van der Waals surface area contributed by atoms with E-state index in [4.69, 9.17) is 9.47 Å². The number of ether oxygens (including phenoxy) is 2. The van der Waals surface area contributed by atoms with Gasteiger partial charge in [0.15, 0.2) is 11.9 Å². The van der Waals surface area contributed by atoms with Gasteiger partial charge in [-0.1, -0.05) is 0 Å². The van der Waals surface area contributed by atoms with E-state index < -0.39 is 28.5 Å². The summed E-state index contributed by atoms with van der Waals surface area (Å²) in [6.45, 7) is 2.64. The topological polar surface area (TPSA) is 108 Å². The summed E-state index contributed by atoms with van der Waals surface area (Å²) in [5.74, 6) is -1.42. The van der Waals surface area contributed by atoms with Gasteiger partial charge in [0, 0.05) is 0 Å². The van der Waals surface area contributed by atoms with Gasteiger partial charge >= 0.3 is 0 Å². The van der Waals surface area contributed by atoms with Gasteiger partial charge in [0.2, 0.25) is 0 Å². The van der Waals surface area contributed by atoms with Crippen LogP contribution in [0.15, 0.2) is 36.4 Å². The summed E-state index contributed by atoms with van der Waals surface area (Å²) >= 11 is 0. The maximum atomic E-state index is 13.3. The van der Waals surface area contributed by atoms with E-state index in [9.17, 15) is 24.1 Å². The molecule has 142 valence electrons. The van der Waals surface area contributed by atoms with Crippen molar-refractivity contribution in [3.8, 4) is 11.5 Å². The number of carbonyl (C=O) groups excluding carboxylic acids is 2. The van der Waals surface area contributed by atoms with Crippen molar-refractivity contribution in [2.45, 2.75) is 20.0 Å². The summed E-state index contributed by atoms with van der Waals surface area (Å²) in [5, 5.41) is 13.6. The van der Waals surface area contributed by atoms with Crippen molar-refractivity contribution < 1.29 is 28.4 Å². The van der Waals surface area contributed by atoms with Crippen LogP contribution in [-0.4, -0.2) is 29.8 Å². The van der Waals surface area contributed by atoms with Crippen LogP contribution in [0.3, 0.4) is 0 Å². The molecule has 0 aliphatic carbocycles. The van der Waals surface area contributed by atoms with E-state index in [0.717, 1.165) is 12.1 Å². The minimum atomic E-state index is -1.10. The van der Waals surface area contributed by atoms with Crippen LogP contribution >= 0.6 is 0 Å². The molecule has 0 spiro atoms. The number of halogens is 1. The zero-order chi connectivity index (χ0) is 20.1. The summed E-state index contributed by atoms with van der Waals surface area (Å²) in [6.07, 6.45) is -1.10. The molecule has 9 heteroatoms. The van der Waals surface area contributed by atoms with Gasteiger partial charge in [-0.05, 0) is 44.2 Å². The molecule has 2 aromatic carbocycles. The summed E-state index contributed by atoms with van der Waals surface area (Å²) in [5.41, 5.74) is -0.390. The molecule has 0 aliphatic heterocycles. The third kappa shape index (κ3) is 4.78. The number of nitrogens with zero attached hydrogens (tertiary/aromatic N) is 1. The lowest BCUT2D eigenvalue weighted by molar-refractivity contribution is -0.384. The molecule has 2 aromatic rings. The molecular formula is C18H17FN2O6. The van der Waals surface area contributed by atoms with E-state index in [2.05, 4.69) is 5.32 Å². The molecule has 1 amide bonds. The standard InChI is InChI=1S/C18H17FN2O6/c1-10(22)14-8-12(19)4-7-17(14)27-11(2)18(23)20-15-6-5-13(26-3)9-16(15)21(24)25/h4-9,11H,1-3H3,(H,20,23)/t11-/m1/s1. The minimum absolute atomic E-state index is 0.00919. The zero-order valence-electron chi connectivity index (χ0n) is 14.8. The lowest BCUT2D eigenvalue weighted by Crippen LogP contribution is -2.30. The number of methoxy groups -OCH3 is 1. The maximum Gasteiger partial charge on any atom is 0.296 e. The molecule has 0 heterocycles. The number of nitrogens with one attached hydrogen (secondary N) is 1. The van der Waals surface area contributed by atoms with Gasteiger partial charge in [-0.25, -0.2) is 4.39 Å². The van der Waals surface area contributed by atoms with E-state index in [1.54, 1.807) is 0 Å². The van der Waals surface area contributed by atoms with Crippen LogP contribution in [0.2, 0.25) is 0 Å². The Morgan fingerprint density at radius 3 is 2.52 bits per heavy atom. The molecule has 0 fully saturated rings. The van der Waals surface area contributed by atoms with E-state index in [1.807, 2.05) is 0 Å². The highest BCUT2D eigenvalue weighted by molar-refractivity contribution is 5.98. The number of nitro groups is 1. The fourth-order valence-electron chi connectivity index (χ4n) is 2.25. The van der Waals surface area contributed by atoms with Crippen molar-refractivity contribution in [2.24, 2.45) is 0 Å². The molecule has 0 saturated heterocycles. The molecule has 0 radical (unpaired) electrons. The monoisotopic (exact) mass is 376 g/mol. The number of nitro benzene ring substituents is 1. The number of amides is 1. The first-order chi connectivity index (χ1) is 12.7. The number of hydrogen-bond donors (Lipinski definition) is 1. The summed E-state index contributed by atoms with van der Waals surface area (Å²) in [4.78, 5) is 34.5. The van der Waals surface area contributed by atoms with Crippen LogP contribution in [-0.2, 0) is 4.79 Å². The predicted octanol–water partition coefficient (Wildman–Crippen LogP) is 3.35. The molecule has 8 nitrogen and oxygen atoms in total. The number of rotatable bonds is 7. The molecule has 0 saturated carbocycles. The van der Waals surface area contributed by atoms with Crippen LogP contribution in [0.4, 0.5) is 15.8 Å². The second-order valence-corrected chi connectivity index (χ2v) is 5.59. The lowest BCUT2D eigenvalue weighted by atomic mass is 10.1. The molecule has 27 heavy (non-hydrogen) atoms. The summed E-state index contributed by atoms with van der Waals surface area (Å²) in [6, 6.07) is 7.32. The fraction of sp³-hybridized carbons (Fsp3) is 0.222. The molecule has 0 unspecified atom stereocenters. The van der Waals surface area contributed by atoms with E-state index >= 15 is 0 Å². The van der Waals surface area contributed by atoms with Crippen molar-refractivity contribution in [1.82, 2.24) is 0 Å². The molecular weight excluding hydrogens is 359 g/mol. The predicted molar refractivity (Wildman–Crippen MR) is 94.8 cm³/mol. The van der Waals surface area contributed by atoms with Gasteiger partial charge in [-0.2, -0.15) is 0 Å². The van der Waals surface area contributed by atoms with Gasteiger partial charge < -0.3 is 14.8 Å². The Balaban J connectivity index is 2.20. The Morgan fingerprint density at radius 2 is 1.93 bits per heavy atom. The first-order valence-corrected chi connectivity index (χ1v) is 7.83. The number of ketones is 1. The van der Waals surface area contributed by atoms with Gasteiger partial charge in [0.25, 0.3) is 11.6 Å². The Hall–Kier alpha value is -3.49. The Morgan fingerprint density at radius 1 is 1.22 bits per heavy atom. The Kier molecular flexibility index (Phi) is 6.07. The normalized spacial score (nSPS) is 11.4. The molecule has 0 aromatic heterocycles. The van der Waals surface area contributed by atoms with E-state index in [0.29, 0.717) is 0 Å². The van der Waals surface area contributed by atoms with E-state index in [1.165, 1.54) is 45.2 Å². The molecule has 2 rings (SSSR count). The summed E-state index contributed by atoms with van der Waals surface area (Å²) in [7, 11) is 1.36. The highest BCUT2D eigenvalue weighted by Gasteiger charge is 2.22. The summed E-state index contributed by atoms with van der Waals surface area (Å²) < 4.78 is 23.7. The van der Waals surface area contributed by atoms with Crippen LogP contribution in [0.25, 0.3) is 0 Å². The van der Waals surface area contributed by atoms with Crippen molar-refractivity contribution in [1.29, 1.82) is 0 Å². The third-order valence-electron chi connectivity index (χ3n) is 3.65. The SMILES string of the molecule is COc1ccc(NC(=O)[C@@H](C)Oc2ccc(F)cc2C(C)=O)c([N+](=O)[O-])c1. The van der Waals surface area contributed by atoms with Crippen LogP contribution in [0.5, 0.6) is 11.5 Å². The number of carbonyl (C=O) groups is 2.